The number of hydrogen-bond donors (Lipinski definition) is 3. The quantitative estimate of drug-likeness (QED) is 0.464. The molecule has 5 rings (SSSR count). The summed E-state index contributed by atoms with van der Waals surface area (Å²) in [6.45, 7) is 0. The Morgan fingerprint density at radius 1 is 1.08 bits per heavy atom. The number of carboxylic acid groups (broad SMARTS) is 1. The maximum atomic E-state index is 14.9. The van der Waals surface area contributed by atoms with E-state index in [2.05, 4.69) is 5.32 Å². The number of carbonyl (C=O) groups is 2. The van der Waals surface area contributed by atoms with Crippen LogP contribution in [0, 0.1) is 5.82 Å². The first-order valence-corrected chi connectivity index (χ1v) is 11.6. The van der Waals surface area contributed by atoms with E-state index in [1.54, 1.807) is 30.3 Å². The van der Waals surface area contributed by atoms with Crippen LogP contribution in [0.3, 0.4) is 0 Å². The van der Waals surface area contributed by atoms with Gasteiger partial charge in [0.1, 0.15) is 17.2 Å². The highest BCUT2D eigenvalue weighted by Gasteiger charge is 2.47. The number of nitrogens with zero attached hydrogens (tertiary/aromatic N) is 3. The lowest BCUT2D eigenvalue weighted by atomic mass is 10.1. The van der Waals surface area contributed by atoms with E-state index in [0.717, 1.165) is 12.8 Å². The molecule has 2 heterocycles. The van der Waals surface area contributed by atoms with Crippen molar-refractivity contribution in [1.82, 2.24) is 9.47 Å². The molecule has 1 aliphatic carbocycles. The Balaban J connectivity index is 1.62. The number of aliphatic hydroxyl groups is 1. The number of carboxylic acids is 1. The normalized spacial score (nSPS) is 17.2. The van der Waals surface area contributed by atoms with E-state index < -0.39 is 29.6 Å². The van der Waals surface area contributed by atoms with Crippen molar-refractivity contribution >= 4 is 34.8 Å². The van der Waals surface area contributed by atoms with Crippen molar-refractivity contribution in [2.45, 2.75) is 38.1 Å². The molecule has 3 N–H and O–H groups in total. The summed E-state index contributed by atoms with van der Waals surface area (Å²) in [5, 5.41) is 23.0. The number of carbonyl (C=O) groups excluding carboxylic acids is 1. The fourth-order valence-corrected chi connectivity index (χ4v) is 4.51. The Hall–Kier alpha value is -4.18. The molecule has 10 heteroatoms. The molecule has 0 saturated heterocycles. The van der Waals surface area contributed by atoms with Crippen LogP contribution in [-0.4, -0.2) is 44.0 Å². The van der Waals surface area contributed by atoms with Gasteiger partial charge in [-0.15, -0.1) is 0 Å². The Labute approximate surface area is 206 Å². The van der Waals surface area contributed by atoms with E-state index in [9.17, 15) is 23.9 Å². The third-order valence-corrected chi connectivity index (χ3v) is 6.47. The number of nitrogens with one attached hydrogen (secondary N) is 1. The highest BCUT2D eigenvalue weighted by atomic mass is 19.1. The highest BCUT2D eigenvalue weighted by Crippen LogP contribution is 2.43. The number of anilines is 4. The van der Waals surface area contributed by atoms with Crippen LogP contribution in [0.1, 0.15) is 35.2 Å². The SMILES string of the molecule is Cn1c2c(c(Nc3ccc(CCC(=O)O)cc3F)cc1=O)C(=O)N(C1CC1)C(O)N2c1ccccc1. The molecule has 1 aliphatic heterocycles. The number of hydrogen-bond acceptors (Lipinski definition) is 6. The second kappa shape index (κ2) is 9.12. The molecule has 1 unspecified atom stereocenters. The third kappa shape index (κ3) is 4.20. The Kier molecular flexibility index (Phi) is 5.97. The van der Waals surface area contributed by atoms with Crippen molar-refractivity contribution in [1.29, 1.82) is 0 Å². The second-order valence-electron chi connectivity index (χ2n) is 8.98. The number of aliphatic carboxylic acids is 1. The minimum atomic E-state index is -1.31. The summed E-state index contributed by atoms with van der Waals surface area (Å²) in [7, 11) is 1.52. The predicted octanol–water partition coefficient (Wildman–Crippen LogP) is 3.32. The van der Waals surface area contributed by atoms with Crippen LogP contribution < -0.4 is 15.8 Å². The molecule has 0 bridgehead atoms. The number of pyridine rings is 1. The van der Waals surface area contributed by atoms with Gasteiger partial charge in [0.15, 0.2) is 0 Å². The van der Waals surface area contributed by atoms with Crippen molar-refractivity contribution in [2.75, 3.05) is 10.2 Å². The minimum absolute atomic E-state index is 0.0349. The summed E-state index contributed by atoms with van der Waals surface area (Å²) in [6, 6.07) is 14.3. The van der Waals surface area contributed by atoms with Gasteiger partial charge < -0.3 is 15.5 Å². The molecule has 2 aliphatic rings. The highest BCUT2D eigenvalue weighted by molar-refractivity contribution is 6.07. The first-order chi connectivity index (χ1) is 17.3. The van der Waals surface area contributed by atoms with Crippen molar-refractivity contribution in [2.24, 2.45) is 7.05 Å². The number of aliphatic hydroxyl groups excluding tert-OH is 1. The molecular weight excluding hydrogens is 467 g/mol. The first-order valence-electron chi connectivity index (χ1n) is 11.6. The van der Waals surface area contributed by atoms with Crippen LogP contribution in [0.15, 0.2) is 59.4 Å². The summed E-state index contributed by atoms with van der Waals surface area (Å²) in [5.74, 6) is -1.88. The van der Waals surface area contributed by atoms with Crippen LogP contribution in [0.2, 0.25) is 0 Å². The molecule has 2 aromatic carbocycles. The van der Waals surface area contributed by atoms with Gasteiger partial charge in [-0.05, 0) is 49.1 Å². The van der Waals surface area contributed by atoms with Gasteiger partial charge in [0.25, 0.3) is 11.5 Å². The number of rotatable bonds is 7. The van der Waals surface area contributed by atoms with Crippen molar-refractivity contribution in [3.8, 4) is 0 Å². The fourth-order valence-electron chi connectivity index (χ4n) is 4.51. The smallest absolute Gasteiger partial charge is 0.303 e. The molecule has 1 aromatic heterocycles. The molecule has 1 amide bonds. The lowest BCUT2D eigenvalue weighted by Gasteiger charge is -2.43. The average molecular weight is 493 g/mol. The summed E-state index contributed by atoms with van der Waals surface area (Å²) in [5.41, 5.74) is 0.954. The van der Waals surface area contributed by atoms with Gasteiger partial charge in [-0.25, -0.2) is 4.39 Å². The van der Waals surface area contributed by atoms with Crippen LogP contribution in [0.5, 0.6) is 0 Å². The molecule has 0 spiro atoms. The molecule has 1 fully saturated rings. The molecule has 1 atom stereocenters. The number of aromatic nitrogens is 1. The number of benzene rings is 2. The Morgan fingerprint density at radius 3 is 2.44 bits per heavy atom. The zero-order valence-electron chi connectivity index (χ0n) is 19.5. The van der Waals surface area contributed by atoms with Crippen molar-refractivity contribution < 1.29 is 24.2 Å². The van der Waals surface area contributed by atoms with E-state index in [0.29, 0.717) is 11.3 Å². The minimum Gasteiger partial charge on any atom is -0.481 e. The van der Waals surface area contributed by atoms with Crippen LogP contribution in [0.25, 0.3) is 0 Å². The lowest BCUT2D eigenvalue weighted by molar-refractivity contribution is -0.136. The molecule has 36 heavy (non-hydrogen) atoms. The number of aryl methyl sites for hydroxylation is 1. The van der Waals surface area contributed by atoms with E-state index in [4.69, 9.17) is 5.11 Å². The van der Waals surface area contributed by atoms with Gasteiger partial charge in [0.05, 0.1) is 11.4 Å². The molecule has 9 nitrogen and oxygen atoms in total. The second-order valence-corrected chi connectivity index (χ2v) is 8.98. The van der Waals surface area contributed by atoms with E-state index in [-0.39, 0.29) is 41.6 Å². The largest absolute Gasteiger partial charge is 0.481 e. The van der Waals surface area contributed by atoms with Crippen molar-refractivity contribution in [3.05, 3.63) is 81.9 Å². The topological polar surface area (TPSA) is 115 Å². The maximum absolute atomic E-state index is 14.9. The van der Waals surface area contributed by atoms with E-state index >= 15 is 0 Å². The molecule has 1 saturated carbocycles. The molecule has 3 aromatic rings. The van der Waals surface area contributed by atoms with Gasteiger partial charge in [-0.1, -0.05) is 24.3 Å². The molecule has 186 valence electrons. The van der Waals surface area contributed by atoms with Crippen LogP contribution in [-0.2, 0) is 18.3 Å². The fraction of sp³-hybridized carbons (Fsp3) is 0.269. The number of fused-ring (bicyclic) bond motifs is 1. The van der Waals surface area contributed by atoms with Gasteiger partial charge in [-0.3, -0.25) is 28.8 Å². The standard InChI is InChI=1S/C26H25FN4O5/c1-29-21(32)14-20(28-19-11-7-15(13-18(19)27)8-12-22(33)34)23-24(29)30(16-5-3-2-4-6-16)26(36)31(25(23)35)17-9-10-17/h2-7,11,13-14,17,26,28,36H,8-10,12H2,1H3,(H,33,34). The van der Waals surface area contributed by atoms with E-state index in [1.807, 2.05) is 6.07 Å². The van der Waals surface area contributed by atoms with Crippen LogP contribution >= 0.6 is 0 Å². The summed E-state index contributed by atoms with van der Waals surface area (Å²) >= 11 is 0. The summed E-state index contributed by atoms with van der Waals surface area (Å²) in [6.07, 6.45) is 0.235. The predicted molar refractivity (Wildman–Crippen MR) is 131 cm³/mol. The first kappa shape index (κ1) is 23.6. The van der Waals surface area contributed by atoms with Gasteiger partial charge in [0, 0.05) is 31.3 Å². The van der Waals surface area contributed by atoms with Crippen LogP contribution in [0.4, 0.5) is 27.3 Å². The van der Waals surface area contributed by atoms with Gasteiger partial charge >= 0.3 is 5.97 Å². The van der Waals surface area contributed by atoms with E-state index in [1.165, 1.54) is 39.6 Å². The van der Waals surface area contributed by atoms with Gasteiger partial charge in [0.2, 0.25) is 6.35 Å². The zero-order chi connectivity index (χ0) is 25.6. The summed E-state index contributed by atoms with van der Waals surface area (Å²) in [4.78, 5) is 40.4. The van der Waals surface area contributed by atoms with Crippen molar-refractivity contribution in [3.63, 3.8) is 0 Å². The summed E-state index contributed by atoms with van der Waals surface area (Å²) < 4.78 is 16.2. The Morgan fingerprint density at radius 2 is 1.81 bits per heavy atom. The maximum Gasteiger partial charge on any atom is 0.303 e. The monoisotopic (exact) mass is 492 g/mol. The number of halogens is 1. The zero-order valence-corrected chi connectivity index (χ0v) is 19.5. The molecular formula is C26H25FN4O5. The third-order valence-electron chi connectivity index (χ3n) is 6.47. The number of amides is 1. The molecule has 0 radical (unpaired) electrons. The van der Waals surface area contributed by atoms with Gasteiger partial charge in [-0.2, -0.15) is 0 Å². The lowest BCUT2D eigenvalue weighted by Crippen LogP contribution is -2.56. The average Bonchev–Trinajstić information content (AvgIpc) is 3.68. The number of para-hydroxylation sites is 1. The Bertz CT molecular complexity index is 1400.